The maximum atomic E-state index is 11.7. The van der Waals surface area contributed by atoms with Crippen LogP contribution in [0.1, 0.15) is 33.6 Å². The monoisotopic (exact) mass is 322 g/mol. The molecule has 1 rings (SSSR count). The number of nitrogens with one attached hydrogen (secondary N) is 2. The van der Waals surface area contributed by atoms with Crippen LogP contribution in [0.15, 0.2) is 24.3 Å². The fraction of sp³-hybridized carbons (Fsp3) is 0.529. The number of benzene rings is 1. The van der Waals surface area contributed by atoms with E-state index in [0.29, 0.717) is 32.6 Å². The zero-order valence-corrected chi connectivity index (χ0v) is 14.1. The molecule has 0 unspecified atom stereocenters. The zero-order chi connectivity index (χ0) is 17.1. The fourth-order valence-electron chi connectivity index (χ4n) is 1.93. The normalized spacial score (nSPS) is 11.4. The lowest BCUT2D eigenvalue weighted by atomic mass is 10.2. The summed E-state index contributed by atoms with van der Waals surface area (Å²) in [7, 11) is 0. The Labute approximate surface area is 137 Å². The summed E-state index contributed by atoms with van der Waals surface area (Å²) in [5.74, 6) is 1.22. The first-order valence-corrected chi connectivity index (χ1v) is 7.99. The van der Waals surface area contributed by atoms with Crippen LogP contribution in [-0.2, 0) is 9.59 Å². The number of rotatable bonds is 10. The van der Waals surface area contributed by atoms with E-state index in [2.05, 4.69) is 10.6 Å². The molecule has 0 saturated heterocycles. The van der Waals surface area contributed by atoms with Crippen LogP contribution in [0, 0.1) is 0 Å². The molecular formula is C17H26N2O4. The molecule has 0 heterocycles. The van der Waals surface area contributed by atoms with Crippen molar-refractivity contribution in [3.8, 4) is 11.5 Å². The molecule has 0 bridgehead atoms. The SMILES string of the molecule is CCNC(=O)[C@@H](C)NC(=O)CCCOc1ccc(OCC)cc1. The van der Waals surface area contributed by atoms with E-state index in [9.17, 15) is 9.59 Å². The average Bonchev–Trinajstić information content (AvgIpc) is 2.53. The van der Waals surface area contributed by atoms with E-state index in [0.717, 1.165) is 11.5 Å². The van der Waals surface area contributed by atoms with Crippen molar-refractivity contribution in [3.63, 3.8) is 0 Å². The molecule has 23 heavy (non-hydrogen) atoms. The first-order chi connectivity index (χ1) is 11.1. The van der Waals surface area contributed by atoms with Gasteiger partial charge in [-0.1, -0.05) is 0 Å². The molecule has 1 atom stereocenters. The number of hydrogen-bond donors (Lipinski definition) is 2. The average molecular weight is 322 g/mol. The van der Waals surface area contributed by atoms with Crippen LogP contribution in [0.3, 0.4) is 0 Å². The summed E-state index contributed by atoms with van der Waals surface area (Å²) in [6.45, 7) is 7.06. The Morgan fingerprint density at radius 3 is 2.26 bits per heavy atom. The molecule has 6 nitrogen and oxygen atoms in total. The van der Waals surface area contributed by atoms with Gasteiger partial charge in [-0.3, -0.25) is 9.59 Å². The summed E-state index contributed by atoms with van der Waals surface area (Å²) in [6, 6.07) is 6.85. The molecule has 0 aliphatic carbocycles. The van der Waals surface area contributed by atoms with Gasteiger partial charge in [0.05, 0.1) is 13.2 Å². The number of amides is 2. The second-order valence-electron chi connectivity index (χ2n) is 5.04. The van der Waals surface area contributed by atoms with E-state index in [1.54, 1.807) is 6.92 Å². The Bertz CT molecular complexity index is 488. The number of carbonyl (C=O) groups excluding carboxylic acids is 2. The summed E-state index contributed by atoms with van der Waals surface area (Å²) in [5, 5.41) is 5.33. The lowest BCUT2D eigenvalue weighted by molar-refractivity contribution is -0.128. The predicted molar refractivity (Wildman–Crippen MR) is 88.6 cm³/mol. The van der Waals surface area contributed by atoms with Gasteiger partial charge in [0.25, 0.3) is 0 Å². The van der Waals surface area contributed by atoms with Crippen LogP contribution in [-0.4, -0.2) is 37.6 Å². The van der Waals surface area contributed by atoms with Crippen molar-refractivity contribution in [1.82, 2.24) is 10.6 Å². The van der Waals surface area contributed by atoms with E-state index < -0.39 is 6.04 Å². The molecule has 0 aliphatic heterocycles. The van der Waals surface area contributed by atoms with Gasteiger partial charge < -0.3 is 20.1 Å². The van der Waals surface area contributed by atoms with Crippen molar-refractivity contribution in [2.75, 3.05) is 19.8 Å². The van der Waals surface area contributed by atoms with Crippen LogP contribution in [0.25, 0.3) is 0 Å². The van der Waals surface area contributed by atoms with Crippen LogP contribution < -0.4 is 20.1 Å². The summed E-state index contributed by atoms with van der Waals surface area (Å²) in [4.78, 5) is 23.2. The Kier molecular flexibility index (Phi) is 8.57. The quantitative estimate of drug-likeness (QED) is 0.645. The molecule has 2 amide bonds. The van der Waals surface area contributed by atoms with Crippen molar-refractivity contribution in [2.45, 2.75) is 39.7 Å². The summed E-state index contributed by atoms with van der Waals surface area (Å²) in [6.07, 6.45) is 0.905. The molecule has 0 radical (unpaired) electrons. The second kappa shape index (κ2) is 10.5. The van der Waals surface area contributed by atoms with Crippen LogP contribution >= 0.6 is 0 Å². The van der Waals surface area contributed by atoms with Gasteiger partial charge in [-0.15, -0.1) is 0 Å². The van der Waals surface area contributed by atoms with Crippen LogP contribution in [0.4, 0.5) is 0 Å². The second-order valence-corrected chi connectivity index (χ2v) is 5.04. The van der Waals surface area contributed by atoms with Gasteiger partial charge in [-0.2, -0.15) is 0 Å². The van der Waals surface area contributed by atoms with E-state index in [-0.39, 0.29) is 11.8 Å². The molecule has 0 fully saturated rings. The third-order valence-electron chi connectivity index (χ3n) is 3.07. The highest BCUT2D eigenvalue weighted by molar-refractivity contribution is 5.87. The largest absolute Gasteiger partial charge is 0.494 e. The predicted octanol–water partition coefficient (Wildman–Crippen LogP) is 1.89. The van der Waals surface area contributed by atoms with Crippen molar-refractivity contribution in [2.24, 2.45) is 0 Å². The van der Waals surface area contributed by atoms with Crippen molar-refractivity contribution in [1.29, 1.82) is 0 Å². The molecule has 0 aromatic heterocycles. The van der Waals surface area contributed by atoms with Crippen molar-refractivity contribution < 1.29 is 19.1 Å². The van der Waals surface area contributed by atoms with Crippen LogP contribution in [0.2, 0.25) is 0 Å². The molecular weight excluding hydrogens is 296 g/mol. The highest BCUT2D eigenvalue weighted by Gasteiger charge is 2.14. The fourth-order valence-corrected chi connectivity index (χ4v) is 1.93. The zero-order valence-electron chi connectivity index (χ0n) is 14.1. The van der Waals surface area contributed by atoms with Crippen LogP contribution in [0.5, 0.6) is 11.5 Å². The molecule has 2 N–H and O–H groups in total. The Morgan fingerprint density at radius 2 is 1.70 bits per heavy atom. The third-order valence-corrected chi connectivity index (χ3v) is 3.07. The molecule has 128 valence electrons. The molecule has 0 spiro atoms. The van der Waals surface area contributed by atoms with Gasteiger partial charge in [-0.25, -0.2) is 0 Å². The summed E-state index contributed by atoms with van der Waals surface area (Å²) >= 11 is 0. The van der Waals surface area contributed by atoms with E-state index in [1.807, 2.05) is 38.1 Å². The molecule has 6 heteroatoms. The van der Waals surface area contributed by atoms with Gasteiger partial charge in [0, 0.05) is 13.0 Å². The van der Waals surface area contributed by atoms with Gasteiger partial charge in [-0.05, 0) is 51.5 Å². The molecule has 1 aromatic rings. The summed E-state index contributed by atoms with van der Waals surface area (Å²) < 4.78 is 10.9. The van der Waals surface area contributed by atoms with Gasteiger partial charge in [0.1, 0.15) is 17.5 Å². The summed E-state index contributed by atoms with van der Waals surface area (Å²) in [5.41, 5.74) is 0. The van der Waals surface area contributed by atoms with Crippen molar-refractivity contribution >= 4 is 11.8 Å². The Hall–Kier alpha value is -2.24. The minimum atomic E-state index is -0.519. The van der Waals surface area contributed by atoms with E-state index in [4.69, 9.17) is 9.47 Å². The van der Waals surface area contributed by atoms with Gasteiger partial charge in [0.15, 0.2) is 0 Å². The maximum Gasteiger partial charge on any atom is 0.242 e. The maximum absolute atomic E-state index is 11.7. The Balaban J connectivity index is 2.21. The first kappa shape index (κ1) is 18.8. The molecule has 0 saturated carbocycles. The minimum Gasteiger partial charge on any atom is -0.494 e. The lowest BCUT2D eigenvalue weighted by Crippen LogP contribution is -2.44. The number of likely N-dealkylation sites (N-methyl/N-ethyl adjacent to an activating group) is 1. The minimum absolute atomic E-state index is 0.154. The Morgan fingerprint density at radius 1 is 1.09 bits per heavy atom. The third kappa shape index (κ3) is 7.54. The standard InChI is InChI=1S/C17H26N2O4/c1-4-18-17(21)13(3)19-16(20)7-6-12-23-15-10-8-14(9-11-15)22-5-2/h8-11,13H,4-7,12H2,1-3H3,(H,18,21)(H,19,20)/t13-/m1/s1. The lowest BCUT2D eigenvalue weighted by Gasteiger charge is -2.13. The number of hydrogen-bond acceptors (Lipinski definition) is 4. The highest BCUT2D eigenvalue weighted by Crippen LogP contribution is 2.17. The van der Waals surface area contributed by atoms with Gasteiger partial charge >= 0.3 is 0 Å². The van der Waals surface area contributed by atoms with E-state index >= 15 is 0 Å². The van der Waals surface area contributed by atoms with E-state index in [1.165, 1.54) is 0 Å². The number of carbonyl (C=O) groups is 2. The number of ether oxygens (including phenoxy) is 2. The van der Waals surface area contributed by atoms with Crippen molar-refractivity contribution in [3.05, 3.63) is 24.3 Å². The molecule has 0 aliphatic rings. The topological polar surface area (TPSA) is 76.7 Å². The smallest absolute Gasteiger partial charge is 0.242 e. The first-order valence-electron chi connectivity index (χ1n) is 7.99. The van der Waals surface area contributed by atoms with Gasteiger partial charge in [0.2, 0.25) is 11.8 Å². The highest BCUT2D eigenvalue weighted by atomic mass is 16.5. The molecule has 1 aromatic carbocycles.